The van der Waals surface area contributed by atoms with Gasteiger partial charge in [-0.3, -0.25) is 4.98 Å². The van der Waals surface area contributed by atoms with Crippen molar-refractivity contribution in [2.75, 3.05) is 0 Å². The molecule has 0 aliphatic carbocycles. The SMILES string of the molecule is Cc1cc(C)c(-c2cccc(CC#N)n2)c(C)c1.[Li][CH2]CCC. The van der Waals surface area contributed by atoms with Crippen molar-refractivity contribution in [2.45, 2.75) is 52.1 Å². The van der Waals surface area contributed by atoms with Gasteiger partial charge in [0.2, 0.25) is 0 Å². The van der Waals surface area contributed by atoms with Crippen LogP contribution in [0.15, 0.2) is 30.3 Å². The molecule has 0 aliphatic heterocycles. The first-order chi connectivity index (χ1) is 11.0. The van der Waals surface area contributed by atoms with Gasteiger partial charge in [0.25, 0.3) is 0 Å². The minimum absolute atomic E-state index is 0.359. The third-order valence-electron chi connectivity index (χ3n) is 3.71. The van der Waals surface area contributed by atoms with Crippen LogP contribution in [-0.4, -0.2) is 22.7 Å². The second-order valence-corrected chi connectivity index (χ2v) is 5.98. The summed E-state index contributed by atoms with van der Waals surface area (Å²) >= 11 is 2.21. The topological polar surface area (TPSA) is 36.7 Å². The number of nitrogens with zero attached hydrogens (tertiary/aromatic N) is 2. The van der Waals surface area contributed by atoms with E-state index >= 15 is 0 Å². The number of unbranched alkanes of at least 4 members (excludes halogenated alkanes) is 1. The molecule has 2 rings (SSSR count). The van der Waals surface area contributed by atoms with Gasteiger partial charge >= 0.3 is 42.6 Å². The van der Waals surface area contributed by atoms with Crippen LogP contribution in [0.3, 0.4) is 0 Å². The third-order valence-corrected chi connectivity index (χ3v) is 3.71. The van der Waals surface area contributed by atoms with E-state index in [4.69, 9.17) is 5.26 Å². The quantitative estimate of drug-likeness (QED) is 0.735. The molecule has 0 radical (unpaired) electrons. The van der Waals surface area contributed by atoms with Gasteiger partial charge < -0.3 is 0 Å². The van der Waals surface area contributed by atoms with Crippen molar-refractivity contribution >= 4 is 17.7 Å². The Bertz CT molecular complexity index is 647. The molecular weight excluding hydrogens is 275 g/mol. The molecule has 0 spiro atoms. The summed E-state index contributed by atoms with van der Waals surface area (Å²) in [6.45, 7) is 8.52. The first-order valence-electron chi connectivity index (χ1n) is 8.44. The van der Waals surface area contributed by atoms with Crippen LogP contribution in [0.1, 0.15) is 42.1 Å². The molecular formula is C20H25LiN2. The molecule has 0 N–H and O–H groups in total. The average molecular weight is 300 g/mol. The molecule has 0 fully saturated rings. The van der Waals surface area contributed by atoms with Crippen molar-refractivity contribution in [2.24, 2.45) is 0 Å². The van der Waals surface area contributed by atoms with Gasteiger partial charge in [0.15, 0.2) is 0 Å². The predicted molar refractivity (Wildman–Crippen MR) is 98.7 cm³/mol. The van der Waals surface area contributed by atoms with Crippen LogP contribution in [-0.2, 0) is 6.42 Å². The summed E-state index contributed by atoms with van der Waals surface area (Å²) in [5.41, 5.74) is 6.69. The van der Waals surface area contributed by atoms with Gasteiger partial charge in [-0.25, -0.2) is 0 Å². The number of aromatic nitrogens is 1. The number of nitriles is 1. The number of pyridine rings is 1. The second-order valence-electron chi connectivity index (χ2n) is 5.98. The number of benzene rings is 1. The summed E-state index contributed by atoms with van der Waals surface area (Å²) in [6.07, 6.45) is 3.09. The van der Waals surface area contributed by atoms with Crippen molar-refractivity contribution in [1.82, 2.24) is 4.98 Å². The molecule has 0 saturated carbocycles. The zero-order valence-corrected chi connectivity index (χ0v) is 15.1. The van der Waals surface area contributed by atoms with Crippen LogP contribution in [0, 0.1) is 32.1 Å². The Kier molecular flexibility index (Phi) is 8.71. The van der Waals surface area contributed by atoms with Crippen molar-refractivity contribution < 1.29 is 0 Å². The van der Waals surface area contributed by atoms with Crippen LogP contribution in [0.2, 0.25) is 5.09 Å². The van der Waals surface area contributed by atoms with Crippen molar-refractivity contribution in [3.05, 3.63) is 52.7 Å². The van der Waals surface area contributed by atoms with Crippen LogP contribution in [0.5, 0.6) is 0 Å². The summed E-state index contributed by atoms with van der Waals surface area (Å²) in [5, 5.41) is 10.1. The summed E-state index contributed by atoms with van der Waals surface area (Å²) in [6, 6.07) is 12.3. The molecule has 3 heteroatoms. The number of rotatable bonds is 4. The van der Waals surface area contributed by atoms with Gasteiger partial charge in [-0.2, -0.15) is 5.26 Å². The summed E-state index contributed by atoms with van der Waals surface area (Å²) in [7, 11) is 0. The maximum atomic E-state index is 8.74. The van der Waals surface area contributed by atoms with Gasteiger partial charge in [-0.05, 0) is 44.0 Å². The van der Waals surface area contributed by atoms with Crippen LogP contribution < -0.4 is 0 Å². The molecule has 1 aromatic carbocycles. The standard InChI is InChI=1S/C16H16N2.C4H9.Li/c1-11-9-12(2)16(13(3)10-11)15-6-4-5-14(18-15)7-8-17;1-3-4-2;/h4-6,9-10H,7H2,1-3H3;1,3-4H2,2H3;. The fourth-order valence-corrected chi connectivity index (χ4v) is 2.74. The van der Waals surface area contributed by atoms with E-state index < -0.39 is 0 Å². The average Bonchev–Trinajstić information content (AvgIpc) is 2.48. The first kappa shape index (κ1) is 19.5. The molecule has 0 aliphatic rings. The number of hydrogen-bond acceptors (Lipinski definition) is 2. The normalized spacial score (nSPS) is 9.78. The van der Waals surface area contributed by atoms with E-state index in [1.165, 1.54) is 40.2 Å². The van der Waals surface area contributed by atoms with Crippen LogP contribution in [0.4, 0.5) is 0 Å². The van der Waals surface area contributed by atoms with Gasteiger partial charge in [-0.1, -0.05) is 23.8 Å². The van der Waals surface area contributed by atoms with Crippen molar-refractivity contribution in [1.29, 1.82) is 5.26 Å². The van der Waals surface area contributed by atoms with Gasteiger partial charge in [0.05, 0.1) is 23.9 Å². The Morgan fingerprint density at radius 3 is 2.26 bits per heavy atom. The fourth-order valence-electron chi connectivity index (χ4n) is 2.74. The van der Waals surface area contributed by atoms with E-state index in [1.807, 2.05) is 18.2 Å². The van der Waals surface area contributed by atoms with Gasteiger partial charge in [0, 0.05) is 5.56 Å². The van der Waals surface area contributed by atoms with E-state index in [2.05, 4.69) is 68.6 Å². The fraction of sp³-hybridized carbons (Fsp3) is 0.400. The monoisotopic (exact) mass is 300 g/mol. The Balaban J connectivity index is 0.000000463. The van der Waals surface area contributed by atoms with E-state index in [0.717, 1.165) is 11.4 Å². The van der Waals surface area contributed by atoms with Crippen LogP contribution in [0.25, 0.3) is 11.3 Å². The van der Waals surface area contributed by atoms with E-state index in [1.54, 1.807) is 0 Å². The summed E-state index contributed by atoms with van der Waals surface area (Å²) < 4.78 is 0. The molecule has 1 aromatic heterocycles. The minimum atomic E-state index is 0.359. The molecule has 0 bridgehead atoms. The molecule has 23 heavy (non-hydrogen) atoms. The Morgan fingerprint density at radius 2 is 1.78 bits per heavy atom. The molecule has 1 heterocycles. The zero-order chi connectivity index (χ0) is 17.2. The first-order valence-corrected chi connectivity index (χ1v) is 8.44. The summed E-state index contributed by atoms with van der Waals surface area (Å²) in [4.78, 5) is 4.56. The van der Waals surface area contributed by atoms with Crippen molar-refractivity contribution in [3.8, 4) is 17.3 Å². The maximum absolute atomic E-state index is 8.74. The Morgan fingerprint density at radius 1 is 1.13 bits per heavy atom. The summed E-state index contributed by atoms with van der Waals surface area (Å²) in [5.74, 6) is 0. The zero-order valence-electron chi connectivity index (χ0n) is 15.1. The second kappa shape index (κ2) is 10.3. The number of hydrogen-bond donors (Lipinski definition) is 0. The third kappa shape index (κ3) is 6.23. The Hall–Kier alpha value is -1.54. The predicted octanol–water partition coefficient (Wildman–Crippen LogP) is 5.11. The molecule has 2 aromatic rings. The Labute approximate surface area is 150 Å². The molecule has 2 nitrogen and oxygen atoms in total. The molecule has 0 atom stereocenters. The van der Waals surface area contributed by atoms with E-state index in [9.17, 15) is 0 Å². The van der Waals surface area contributed by atoms with Crippen molar-refractivity contribution in [3.63, 3.8) is 0 Å². The molecule has 116 valence electrons. The van der Waals surface area contributed by atoms with Crippen LogP contribution >= 0.6 is 0 Å². The van der Waals surface area contributed by atoms with Gasteiger partial charge in [-0.15, -0.1) is 0 Å². The molecule has 0 unspecified atom stereocenters. The molecule has 0 saturated heterocycles. The molecule has 0 amide bonds. The number of aryl methyl sites for hydroxylation is 3. The van der Waals surface area contributed by atoms with E-state index in [-0.39, 0.29) is 0 Å². The van der Waals surface area contributed by atoms with Gasteiger partial charge in [0.1, 0.15) is 0 Å². The van der Waals surface area contributed by atoms with E-state index in [0.29, 0.717) is 6.42 Å².